The number of carbonyl (C=O) groups excluding carboxylic acids is 4. The van der Waals surface area contributed by atoms with Crippen LogP contribution in [0.15, 0.2) is 84.9 Å². The second-order valence-electron chi connectivity index (χ2n) is 9.40. The lowest BCUT2D eigenvalue weighted by molar-refractivity contribution is -0.155. The fraction of sp³-hybridized carbons (Fsp3) is 0.312. The van der Waals surface area contributed by atoms with Crippen molar-refractivity contribution in [3.8, 4) is 5.75 Å². The Morgan fingerprint density at radius 3 is 1.81 bits per heavy atom. The van der Waals surface area contributed by atoms with E-state index in [-0.39, 0.29) is 26.1 Å². The number of carbonyl (C=O) groups is 4. The van der Waals surface area contributed by atoms with Crippen LogP contribution in [0.4, 0.5) is 5.69 Å². The van der Waals surface area contributed by atoms with Gasteiger partial charge in [-0.05, 0) is 35.4 Å². The summed E-state index contributed by atoms with van der Waals surface area (Å²) in [6.45, 7) is 1.22. The smallest absolute Gasteiger partial charge is 0.329 e. The molecular weight excluding hydrogens is 595 g/mol. The fourth-order valence-corrected chi connectivity index (χ4v) is 4.36. The Kier molecular flexibility index (Phi) is 14.3. The lowest BCUT2D eigenvalue weighted by Gasteiger charge is -2.22. The molecule has 0 heterocycles. The number of esters is 3. The Bertz CT molecular complexity index is 1300. The van der Waals surface area contributed by atoms with Gasteiger partial charge in [0.25, 0.3) is 0 Å². The van der Waals surface area contributed by atoms with Gasteiger partial charge in [-0.1, -0.05) is 60.7 Å². The molecule has 0 aliphatic heterocycles. The zero-order valence-corrected chi connectivity index (χ0v) is 25.1. The maximum Gasteiger partial charge on any atom is 0.329 e. The number of ether oxygens (including phenoxy) is 3. The van der Waals surface area contributed by atoms with Crippen LogP contribution >= 0.6 is 23.2 Å². The molecule has 1 atom stereocenters. The summed E-state index contributed by atoms with van der Waals surface area (Å²) < 4.78 is 16.0. The topological polar surface area (TPSA) is 111 Å². The van der Waals surface area contributed by atoms with Gasteiger partial charge >= 0.3 is 17.9 Å². The van der Waals surface area contributed by atoms with E-state index in [2.05, 4.69) is 5.32 Å². The Hall–Kier alpha value is -4.08. The van der Waals surface area contributed by atoms with Crippen molar-refractivity contribution in [3.63, 3.8) is 0 Å². The average Bonchev–Trinajstić information content (AvgIpc) is 3.02. The quantitative estimate of drug-likeness (QED) is 0.126. The number of nitrogens with zero attached hydrogens (tertiary/aromatic N) is 1. The molecule has 43 heavy (non-hydrogen) atoms. The third-order valence-corrected chi connectivity index (χ3v) is 6.49. The van der Waals surface area contributed by atoms with Gasteiger partial charge in [0, 0.05) is 37.0 Å². The van der Waals surface area contributed by atoms with Crippen molar-refractivity contribution in [2.45, 2.75) is 38.5 Å². The van der Waals surface area contributed by atoms with E-state index < -0.39 is 36.3 Å². The van der Waals surface area contributed by atoms with E-state index in [1.54, 1.807) is 60.7 Å². The summed E-state index contributed by atoms with van der Waals surface area (Å²) in [5, 5.41) is 2.50. The summed E-state index contributed by atoms with van der Waals surface area (Å²) in [5.74, 6) is -1.55. The number of halogens is 2. The molecule has 0 aliphatic carbocycles. The minimum absolute atomic E-state index is 0.0175. The van der Waals surface area contributed by atoms with E-state index in [1.807, 2.05) is 29.2 Å². The van der Waals surface area contributed by atoms with E-state index in [1.165, 1.54) is 0 Å². The number of alkyl halides is 2. The lowest BCUT2D eigenvalue weighted by Crippen LogP contribution is -2.43. The van der Waals surface area contributed by atoms with Gasteiger partial charge in [-0.3, -0.25) is 14.4 Å². The number of benzene rings is 3. The molecule has 3 aromatic carbocycles. The molecule has 1 unspecified atom stereocenters. The maximum atomic E-state index is 12.8. The molecular formula is C32H34Cl2N2O7. The fourth-order valence-electron chi connectivity index (χ4n) is 3.95. The van der Waals surface area contributed by atoms with Gasteiger partial charge in [-0.15, -0.1) is 23.2 Å². The highest BCUT2D eigenvalue weighted by atomic mass is 35.5. The zero-order valence-electron chi connectivity index (χ0n) is 23.6. The summed E-state index contributed by atoms with van der Waals surface area (Å²) in [5.41, 5.74) is 2.40. The number of nitrogens with one attached hydrogen (secondary N) is 1. The monoisotopic (exact) mass is 628 g/mol. The van der Waals surface area contributed by atoms with Crippen molar-refractivity contribution in [2.75, 3.05) is 29.7 Å². The Morgan fingerprint density at radius 1 is 0.698 bits per heavy atom. The summed E-state index contributed by atoms with van der Waals surface area (Å²) in [4.78, 5) is 52.5. The highest BCUT2D eigenvalue weighted by Crippen LogP contribution is 2.20. The number of rotatable bonds is 17. The first-order valence-electron chi connectivity index (χ1n) is 13.7. The highest BCUT2D eigenvalue weighted by molar-refractivity contribution is 6.18. The standard InChI is InChI=1S/C32H34Cl2N2O7/c33-17-19-36(20-18-34)26-11-13-27(14-12-26)43-30(38)16-15-29(37)35-28(32(40)42-23-25-9-5-2-6-10-25)21-31(39)41-22-24-7-3-1-4-8-24/h1-14,28H,15-23H2,(H,35,37). The number of amides is 1. The Labute approximate surface area is 261 Å². The Morgan fingerprint density at radius 2 is 1.26 bits per heavy atom. The molecule has 1 amide bonds. The molecule has 0 fully saturated rings. The van der Waals surface area contributed by atoms with Crippen molar-refractivity contribution < 1.29 is 33.4 Å². The van der Waals surface area contributed by atoms with Gasteiger partial charge in [-0.2, -0.15) is 0 Å². The van der Waals surface area contributed by atoms with E-state index in [4.69, 9.17) is 37.4 Å². The van der Waals surface area contributed by atoms with Crippen molar-refractivity contribution in [2.24, 2.45) is 0 Å². The van der Waals surface area contributed by atoms with Gasteiger partial charge in [0.2, 0.25) is 5.91 Å². The zero-order chi connectivity index (χ0) is 30.9. The molecule has 0 radical (unpaired) electrons. The van der Waals surface area contributed by atoms with Crippen molar-refractivity contribution in [3.05, 3.63) is 96.1 Å². The SMILES string of the molecule is O=C(CCC(=O)Oc1ccc(N(CCCl)CCCl)cc1)NC(CC(=O)OCc1ccccc1)C(=O)OCc1ccccc1. The van der Waals surface area contributed by atoms with Crippen molar-refractivity contribution >= 4 is 52.7 Å². The van der Waals surface area contributed by atoms with E-state index >= 15 is 0 Å². The van der Waals surface area contributed by atoms with E-state index in [0.29, 0.717) is 30.6 Å². The first-order valence-corrected chi connectivity index (χ1v) is 14.8. The molecule has 0 saturated heterocycles. The Balaban J connectivity index is 1.53. The number of hydrogen-bond donors (Lipinski definition) is 1. The molecule has 0 saturated carbocycles. The summed E-state index contributed by atoms with van der Waals surface area (Å²) >= 11 is 11.7. The molecule has 3 rings (SSSR count). The first kappa shape index (κ1) is 33.4. The van der Waals surface area contributed by atoms with Crippen LogP contribution in [0.25, 0.3) is 0 Å². The molecule has 3 aromatic rings. The van der Waals surface area contributed by atoms with Crippen LogP contribution in [0.5, 0.6) is 5.75 Å². The first-order chi connectivity index (χ1) is 20.9. The molecule has 0 spiro atoms. The third-order valence-electron chi connectivity index (χ3n) is 6.16. The number of hydrogen-bond acceptors (Lipinski definition) is 8. The van der Waals surface area contributed by atoms with Crippen LogP contribution in [0.3, 0.4) is 0 Å². The second-order valence-corrected chi connectivity index (χ2v) is 10.2. The third kappa shape index (κ3) is 12.4. The summed E-state index contributed by atoms with van der Waals surface area (Å²) in [7, 11) is 0. The largest absolute Gasteiger partial charge is 0.461 e. The van der Waals surface area contributed by atoms with Crippen LogP contribution in [0.1, 0.15) is 30.4 Å². The van der Waals surface area contributed by atoms with Crippen LogP contribution < -0.4 is 15.0 Å². The van der Waals surface area contributed by atoms with E-state index in [0.717, 1.165) is 16.8 Å². The molecule has 228 valence electrons. The van der Waals surface area contributed by atoms with Crippen LogP contribution in [0.2, 0.25) is 0 Å². The van der Waals surface area contributed by atoms with Gasteiger partial charge in [0.15, 0.2) is 0 Å². The second kappa shape index (κ2) is 18.5. The normalized spacial score (nSPS) is 11.2. The predicted octanol–water partition coefficient (Wildman–Crippen LogP) is 5.02. The van der Waals surface area contributed by atoms with Crippen LogP contribution in [0, 0.1) is 0 Å². The summed E-state index contributed by atoms with van der Waals surface area (Å²) in [6, 6.07) is 23.6. The molecule has 1 N–H and O–H groups in total. The summed E-state index contributed by atoms with van der Waals surface area (Å²) in [6.07, 6.45) is -0.951. The minimum atomic E-state index is -1.30. The van der Waals surface area contributed by atoms with Crippen molar-refractivity contribution in [1.82, 2.24) is 5.32 Å². The molecule has 0 bridgehead atoms. The van der Waals surface area contributed by atoms with Crippen LogP contribution in [-0.2, 0) is 41.9 Å². The van der Waals surface area contributed by atoms with Gasteiger partial charge in [-0.25, -0.2) is 4.79 Å². The maximum absolute atomic E-state index is 12.8. The number of anilines is 1. The molecule has 0 aromatic heterocycles. The van der Waals surface area contributed by atoms with Gasteiger partial charge < -0.3 is 24.4 Å². The average molecular weight is 630 g/mol. The van der Waals surface area contributed by atoms with Gasteiger partial charge in [0.1, 0.15) is 25.0 Å². The predicted molar refractivity (Wildman–Crippen MR) is 164 cm³/mol. The van der Waals surface area contributed by atoms with Gasteiger partial charge in [0.05, 0.1) is 12.8 Å². The lowest BCUT2D eigenvalue weighted by atomic mass is 10.2. The van der Waals surface area contributed by atoms with E-state index in [9.17, 15) is 19.2 Å². The molecule has 11 heteroatoms. The molecule has 0 aliphatic rings. The molecule has 9 nitrogen and oxygen atoms in total. The minimum Gasteiger partial charge on any atom is -0.461 e. The van der Waals surface area contributed by atoms with Crippen LogP contribution in [-0.4, -0.2) is 54.7 Å². The highest BCUT2D eigenvalue weighted by Gasteiger charge is 2.27. The van der Waals surface area contributed by atoms with Crippen molar-refractivity contribution in [1.29, 1.82) is 0 Å².